The molecule has 0 radical (unpaired) electrons. The van der Waals surface area contributed by atoms with Gasteiger partial charge in [-0.15, -0.1) is 0 Å². The Morgan fingerprint density at radius 1 is 1.00 bits per heavy atom. The highest BCUT2D eigenvalue weighted by atomic mass is 16.5. The van der Waals surface area contributed by atoms with Gasteiger partial charge < -0.3 is 25.8 Å². The molecule has 2 aromatic rings. The van der Waals surface area contributed by atoms with Gasteiger partial charge in [0, 0.05) is 18.5 Å². The lowest BCUT2D eigenvalue weighted by atomic mass is 9.95. The fourth-order valence-electron chi connectivity index (χ4n) is 5.36. The molecular weight excluding hydrogens is 510 g/mol. The number of ether oxygens (including phenoxy) is 1. The Morgan fingerprint density at radius 2 is 1.77 bits per heavy atom. The number of amides is 3. The van der Waals surface area contributed by atoms with E-state index in [2.05, 4.69) is 16.0 Å². The number of benzene rings is 2. The minimum absolute atomic E-state index is 0.0866. The van der Waals surface area contributed by atoms with E-state index in [4.69, 9.17) is 4.74 Å². The van der Waals surface area contributed by atoms with Crippen molar-refractivity contribution in [1.29, 1.82) is 0 Å². The molecular formula is C31H39N3O6. The monoisotopic (exact) mass is 549 g/mol. The minimum atomic E-state index is -1.14. The molecule has 0 unspecified atom stereocenters. The molecule has 1 fully saturated rings. The average Bonchev–Trinajstić information content (AvgIpc) is 3.42. The normalized spacial score (nSPS) is 22.1. The van der Waals surface area contributed by atoms with Crippen LogP contribution in [0.2, 0.25) is 0 Å². The minimum Gasteiger partial charge on any atom is -0.463 e. The number of anilines is 1. The first kappa shape index (κ1) is 29.3. The topological polar surface area (TPSA) is 134 Å². The molecule has 0 spiro atoms. The van der Waals surface area contributed by atoms with Crippen LogP contribution in [0.3, 0.4) is 0 Å². The fourth-order valence-corrected chi connectivity index (χ4v) is 5.36. The van der Waals surface area contributed by atoms with Gasteiger partial charge >= 0.3 is 5.97 Å². The molecule has 4 N–H and O–H groups in total. The van der Waals surface area contributed by atoms with Gasteiger partial charge in [0.25, 0.3) is 5.91 Å². The van der Waals surface area contributed by atoms with Crippen LogP contribution in [0.25, 0.3) is 10.8 Å². The summed E-state index contributed by atoms with van der Waals surface area (Å²) in [5, 5.41) is 20.4. The number of nitrogens with one attached hydrogen (secondary N) is 3. The second-order valence-corrected chi connectivity index (χ2v) is 10.8. The molecule has 1 aliphatic carbocycles. The van der Waals surface area contributed by atoms with Gasteiger partial charge in [-0.1, -0.05) is 55.3 Å². The number of carbonyl (C=O) groups is 4. The van der Waals surface area contributed by atoms with Gasteiger partial charge in [0.15, 0.2) is 0 Å². The number of fused-ring (bicyclic) bond motifs is 1. The molecule has 1 aliphatic heterocycles. The molecule has 0 bridgehead atoms. The largest absolute Gasteiger partial charge is 0.463 e. The van der Waals surface area contributed by atoms with Crippen molar-refractivity contribution in [3.05, 3.63) is 54.6 Å². The van der Waals surface area contributed by atoms with E-state index in [1.165, 1.54) is 0 Å². The lowest BCUT2D eigenvalue weighted by Crippen LogP contribution is -2.51. The first-order chi connectivity index (χ1) is 19.4. The van der Waals surface area contributed by atoms with Crippen LogP contribution < -0.4 is 16.0 Å². The molecule has 3 amide bonds. The standard InChI is InChI=1S/C31H39N3O6/c35-21-31(16-8-9-17-31)34-27(36)19-24-12-4-2-1-3-5-13-28(37)40-20-26(33-29(24)38)30(39)32-25-15-14-22-10-6-7-11-23(22)18-25/h2,4,6-7,10-11,14-15,18,24,26,35H,1,3,5,8-9,12-13,16-17,19-21H2,(H,32,39)(H,33,38)(H,34,36)/t24-,26+/m1/s1. The summed E-state index contributed by atoms with van der Waals surface area (Å²) < 4.78 is 5.37. The number of carbonyl (C=O) groups excluding carboxylic acids is 4. The summed E-state index contributed by atoms with van der Waals surface area (Å²) in [7, 11) is 0. The number of esters is 1. The van der Waals surface area contributed by atoms with Crippen molar-refractivity contribution in [3.63, 3.8) is 0 Å². The van der Waals surface area contributed by atoms with Crippen LogP contribution in [0, 0.1) is 5.92 Å². The predicted molar refractivity (Wildman–Crippen MR) is 152 cm³/mol. The second-order valence-electron chi connectivity index (χ2n) is 10.8. The third-order valence-corrected chi connectivity index (χ3v) is 7.72. The number of cyclic esters (lactones) is 1. The van der Waals surface area contributed by atoms with Gasteiger partial charge in [0.05, 0.1) is 18.1 Å². The molecule has 9 nitrogen and oxygen atoms in total. The Hall–Kier alpha value is -3.72. The molecule has 40 heavy (non-hydrogen) atoms. The number of hydrogen-bond donors (Lipinski definition) is 4. The smallest absolute Gasteiger partial charge is 0.305 e. The van der Waals surface area contributed by atoms with Crippen LogP contribution in [-0.2, 0) is 23.9 Å². The summed E-state index contributed by atoms with van der Waals surface area (Å²) in [5.41, 5.74) is -0.0880. The molecule has 0 saturated heterocycles. The van der Waals surface area contributed by atoms with E-state index in [0.717, 1.165) is 36.5 Å². The van der Waals surface area contributed by atoms with Crippen molar-refractivity contribution in [2.75, 3.05) is 18.5 Å². The summed E-state index contributed by atoms with van der Waals surface area (Å²) in [6, 6.07) is 12.1. The van der Waals surface area contributed by atoms with E-state index in [1.807, 2.05) is 48.6 Å². The first-order valence-corrected chi connectivity index (χ1v) is 14.2. The van der Waals surface area contributed by atoms with Crippen molar-refractivity contribution >= 4 is 40.2 Å². The van der Waals surface area contributed by atoms with Crippen LogP contribution >= 0.6 is 0 Å². The van der Waals surface area contributed by atoms with Crippen LogP contribution in [0.1, 0.15) is 64.2 Å². The fraction of sp³-hybridized carbons (Fsp3) is 0.484. The van der Waals surface area contributed by atoms with E-state index in [0.29, 0.717) is 31.4 Å². The lowest BCUT2D eigenvalue weighted by molar-refractivity contribution is -0.146. The van der Waals surface area contributed by atoms with Gasteiger partial charge in [0.2, 0.25) is 11.8 Å². The maximum Gasteiger partial charge on any atom is 0.305 e. The summed E-state index contributed by atoms with van der Waals surface area (Å²) in [6.45, 7) is -0.454. The molecule has 2 aromatic carbocycles. The Morgan fingerprint density at radius 3 is 2.55 bits per heavy atom. The number of allylic oxidation sites excluding steroid dienone is 2. The SMILES string of the molecule is O=C(C[C@H]1CC=CCCCCC(=O)OC[C@@H](C(=O)Nc2ccc3ccccc3c2)NC1=O)NC1(CO)CCCC1. The Labute approximate surface area is 234 Å². The van der Waals surface area contributed by atoms with Crippen LogP contribution in [0.4, 0.5) is 5.69 Å². The quantitative estimate of drug-likeness (QED) is 0.320. The van der Waals surface area contributed by atoms with Gasteiger partial charge in [-0.3, -0.25) is 19.2 Å². The van der Waals surface area contributed by atoms with Gasteiger partial charge in [-0.25, -0.2) is 0 Å². The molecule has 1 heterocycles. The Balaban J connectivity index is 1.49. The van der Waals surface area contributed by atoms with E-state index >= 15 is 0 Å². The maximum absolute atomic E-state index is 13.4. The van der Waals surface area contributed by atoms with Crippen molar-refractivity contribution in [2.45, 2.75) is 75.8 Å². The molecule has 2 atom stereocenters. The van der Waals surface area contributed by atoms with Crippen molar-refractivity contribution in [2.24, 2.45) is 5.92 Å². The molecule has 2 aliphatic rings. The highest BCUT2D eigenvalue weighted by molar-refractivity contribution is 5.99. The Kier molecular flexibility index (Phi) is 10.3. The molecule has 0 aromatic heterocycles. The lowest BCUT2D eigenvalue weighted by Gasteiger charge is -2.29. The van der Waals surface area contributed by atoms with Crippen LogP contribution in [0.15, 0.2) is 54.6 Å². The summed E-state index contributed by atoms with van der Waals surface area (Å²) in [6.07, 6.45) is 9.75. The maximum atomic E-state index is 13.4. The van der Waals surface area contributed by atoms with Gasteiger partial charge in [-0.05, 0) is 61.4 Å². The number of aliphatic hydroxyl groups is 1. The zero-order chi connectivity index (χ0) is 28.4. The van der Waals surface area contributed by atoms with Crippen LogP contribution in [0.5, 0.6) is 0 Å². The van der Waals surface area contributed by atoms with E-state index in [1.54, 1.807) is 6.07 Å². The number of rotatable bonds is 6. The third kappa shape index (κ3) is 8.14. The highest BCUT2D eigenvalue weighted by Crippen LogP contribution is 2.29. The number of hydrogen-bond acceptors (Lipinski definition) is 6. The predicted octanol–water partition coefficient (Wildman–Crippen LogP) is 3.75. The Bertz CT molecular complexity index is 1240. The summed E-state index contributed by atoms with van der Waals surface area (Å²) >= 11 is 0. The van der Waals surface area contributed by atoms with Crippen LogP contribution in [-0.4, -0.2) is 53.6 Å². The second kappa shape index (κ2) is 14.1. The third-order valence-electron chi connectivity index (χ3n) is 7.72. The van der Waals surface area contributed by atoms with E-state index in [9.17, 15) is 24.3 Å². The first-order valence-electron chi connectivity index (χ1n) is 14.2. The zero-order valence-corrected chi connectivity index (χ0v) is 22.8. The average molecular weight is 550 g/mol. The summed E-state index contributed by atoms with van der Waals surface area (Å²) in [4.78, 5) is 52.0. The van der Waals surface area contributed by atoms with E-state index < -0.39 is 35.3 Å². The molecule has 1 saturated carbocycles. The van der Waals surface area contributed by atoms with Gasteiger partial charge in [0.1, 0.15) is 12.6 Å². The molecule has 9 heteroatoms. The van der Waals surface area contributed by atoms with Gasteiger partial charge in [-0.2, -0.15) is 0 Å². The number of aliphatic hydroxyl groups excluding tert-OH is 1. The van der Waals surface area contributed by atoms with Crippen molar-refractivity contribution in [1.82, 2.24) is 10.6 Å². The van der Waals surface area contributed by atoms with Crippen molar-refractivity contribution in [3.8, 4) is 0 Å². The van der Waals surface area contributed by atoms with E-state index in [-0.39, 0.29) is 32.0 Å². The summed E-state index contributed by atoms with van der Waals surface area (Å²) in [5.74, 6) is -2.47. The van der Waals surface area contributed by atoms with Crippen molar-refractivity contribution < 1.29 is 29.0 Å². The zero-order valence-electron chi connectivity index (χ0n) is 22.8. The molecule has 214 valence electrons. The highest BCUT2D eigenvalue weighted by Gasteiger charge is 2.36. The molecule has 4 rings (SSSR count).